The average molecular weight is 438 g/mol. The largest absolute Gasteiger partial charge is 0.497 e. The van der Waals surface area contributed by atoms with Gasteiger partial charge in [0, 0.05) is 31.7 Å². The van der Waals surface area contributed by atoms with Gasteiger partial charge in [-0.3, -0.25) is 4.79 Å². The number of nitrogens with zero attached hydrogens (tertiary/aromatic N) is 1. The normalized spacial score (nSPS) is 14.1. The number of likely N-dealkylation sites (tertiary alicyclic amines) is 1. The molecule has 0 bridgehead atoms. The summed E-state index contributed by atoms with van der Waals surface area (Å²) >= 11 is 0. The fourth-order valence-corrected chi connectivity index (χ4v) is 4.16. The number of benzene rings is 2. The van der Waals surface area contributed by atoms with Gasteiger partial charge in [0.1, 0.15) is 5.75 Å². The van der Waals surface area contributed by atoms with E-state index in [1.54, 1.807) is 7.11 Å². The molecule has 0 atom stereocenters. The first kappa shape index (κ1) is 23.6. The van der Waals surface area contributed by atoms with Crippen molar-refractivity contribution in [3.63, 3.8) is 0 Å². The minimum Gasteiger partial charge on any atom is -0.497 e. The van der Waals surface area contributed by atoms with Crippen molar-refractivity contribution in [1.29, 1.82) is 0 Å². The van der Waals surface area contributed by atoms with Crippen LogP contribution in [-0.4, -0.2) is 43.6 Å². The SMILES string of the molecule is COc1ccc(CNC(=O)NCCCCC2CCN(C(=O)c3ccccc3C)CC2)cc1. The van der Waals surface area contributed by atoms with E-state index >= 15 is 0 Å². The predicted octanol–water partition coefficient (Wildman–Crippen LogP) is 4.53. The summed E-state index contributed by atoms with van der Waals surface area (Å²) in [4.78, 5) is 26.7. The van der Waals surface area contributed by atoms with Gasteiger partial charge in [-0.2, -0.15) is 0 Å². The molecule has 0 radical (unpaired) electrons. The lowest BCUT2D eigenvalue weighted by atomic mass is 9.91. The maximum Gasteiger partial charge on any atom is 0.315 e. The highest BCUT2D eigenvalue weighted by atomic mass is 16.5. The van der Waals surface area contributed by atoms with Crippen molar-refractivity contribution >= 4 is 11.9 Å². The molecule has 3 amide bonds. The fraction of sp³-hybridized carbons (Fsp3) is 0.462. The third kappa shape index (κ3) is 7.01. The summed E-state index contributed by atoms with van der Waals surface area (Å²) in [5.74, 6) is 1.63. The summed E-state index contributed by atoms with van der Waals surface area (Å²) in [6, 6.07) is 15.3. The summed E-state index contributed by atoms with van der Waals surface area (Å²) in [6.07, 6.45) is 5.34. The average Bonchev–Trinajstić information content (AvgIpc) is 2.83. The van der Waals surface area contributed by atoms with Crippen LogP contribution in [0, 0.1) is 12.8 Å². The van der Waals surface area contributed by atoms with Crippen molar-refractivity contribution in [2.24, 2.45) is 5.92 Å². The number of hydrogen-bond acceptors (Lipinski definition) is 3. The van der Waals surface area contributed by atoms with E-state index in [4.69, 9.17) is 4.74 Å². The lowest BCUT2D eigenvalue weighted by Crippen LogP contribution is -2.38. The number of ether oxygens (including phenoxy) is 1. The highest BCUT2D eigenvalue weighted by molar-refractivity contribution is 5.95. The number of amides is 3. The molecule has 2 aromatic rings. The van der Waals surface area contributed by atoms with E-state index in [0.717, 1.165) is 67.6 Å². The zero-order valence-electron chi connectivity index (χ0n) is 19.2. The lowest BCUT2D eigenvalue weighted by Gasteiger charge is -2.32. The van der Waals surface area contributed by atoms with Gasteiger partial charge < -0.3 is 20.3 Å². The number of methoxy groups -OCH3 is 1. The molecule has 1 heterocycles. The standard InChI is InChI=1S/C26H35N3O3/c1-20-7-3-4-9-24(20)25(30)29-17-14-21(15-18-29)8-5-6-16-27-26(31)28-19-22-10-12-23(32-2)13-11-22/h3-4,7,9-13,21H,5-6,8,14-19H2,1-2H3,(H2,27,28,31). The maximum atomic E-state index is 12.7. The van der Waals surface area contributed by atoms with Gasteiger partial charge in [-0.05, 0) is 61.4 Å². The second kappa shape index (κ2) is 12.1. The van der Waals surface area contributed by atoms with Crippen LogP contribution in [0.5, 0.6) is 5.75 Å². The molecule has 0 aromatic heterocycles. The predicted molar refractivity (Wildman–Crippen MR) is 127 cm³/mol. The Balaban J connectivity index is 1.25. The molecule has 3 rings (SSSR count). The number of piperidine rings is 1. The number of hydrogen-bond donors (Lipinski definition) is 2. The van der Waals surface area contributed by atoms with Crippen molar-refractivity contribution in [2.75, 3.05) is 26.7 Å². The summed E-state index contributed by atoms with van der Waals surface area (Å²) in [5.41, 5.74) is 2.90. The molecule has 6 heteroatoms. The Morgan fingerprint density at radius 1 is 1.00 bits per heavy atom. The lowest BCUT2D eigenvalue weighted by molar-refractivity contribution is 0.0685. The minimum absolute atomic E-state index is 0.135. The Kier molecular flexibility index (Phi) is 8.96. The van der Waals surface area contributed by atoms with E-state index in [0.29, 0.717) is 19.0 Å². The molecule has 2 N–H and O–H groups in total. The second-order valence-corrected chi connectivity index (χ2v) is 8.50. The van der Waals surface area contributed by atoms with Gasteiger partial charge in [-0.1, -0.05) is 43.2 Å². The van der Waals surface area contributed by atoms with Gasteiger partial charge in [-0.25, -0.2) is 4.79 Å². The topological polar surface area (TPSA) is 70.7 Å². The monoisotopic (exact) mass is 437 g/mol. The number of carbonyl (C=O) groups excluding carboxylic acids is 2. The second-order valence-electron chi connectivity index (χ2n) is 8.50. The summed E-state index contributed by atoms with van der Waals surface area (Å²) in [7, 11) is 1.64. The van der Waals surface area contributed by atoms with Crippen LogP contribution in [0.3, 0.4) is 0 Å². The van der Waals surface area contributed by atoms with Crippen LogP contribution in [0.2, 0.25) is 0 Å². The molecule has 1 fully saturated rings. The van der Waals surface area contributed by atoms with Gasteiger partial charge in [0.05, 0.1) is 7.11 Å². The molecule has 2 aromatic carbocycles. The molecular weight excluding hydrogens is 402 g/mol. The number of urea groups is 1. The fourth-order valence-electron chi connectivity index (χ4n) is 4.16. The third-order valence-corrected chi connectivity index (χ3v) is 6.21. The van der Waals surface area contributed by atoms with Gasteiger partial charge in [0.15, 0.2) is 0 Å². The zero-order valence-corrected chi connectivity index (χ0v) is 19.2. The number of carbonyl (C=O) groups is 2. The molecule has 32 heavy (non-hydrogen) atoms. The molecular formula is C26H35N3O3. The molecule has 0 spiro atoms. The molecule has 0 unspecified atom stereocenters. The Hall–Kier alpha value is -3.02. The summed E-state index contributed by atoms with van der Waals surface area (Å²) in [5, 5.41) is 5.81. The van der Waals surface area contributed by atoms with Crippen LogP contribution in [0.15, 0.2) is 48.5 Å². The van der Waals surface area contributed by atoms with Crippen molar-refractivity contribution in [3.8, 4) is 5.75 Å². The van der Waals surface area contributed by atoms with E-state index < -0.39 is 0 Å². The highest BCUT2D eigenvalue weighted by Gasteiger charge is 2.24. The number of unbranched alkanes of at least 4 members (excludes halogenated alkanes) is 1. The quantitative estimate of drug-likeness (QED) is 0.567. The van der Waals surface area contributed by atoms with E-state index in [9.17, 15) is 9.59 Å². The first-order valence-electron chi connectivity index (χ1n) is 11.6. The Bertz CT molecular complexity index is 874. The Labute approximate surface area is 191 Å². The van der Waals surface area contributed by atoms with Crippen LogP contribution in [0.1, 0.15) is 53.6 Å². The molecule has 0 aliphatic carbocycles. The van der Waals surface area contributed by atoms with Gasteiger partial charge >= 0.3 is 6.03 Å². The smallest absolute Gasteiger partial charge is 0.315 e. The maximum absolute atomic E-state index is 12.7. The Morgan fingerprint density at radius 2 is 1.72 bits per heavy atom. The summed E-state index contributed by atoms with van der Waals surface area (Å²) < 4.78 is 5.14. The molecule has 172 valence electrons. The zero-order chi connectivity index (χ0) is 22.8. The van der Waals surface area contributed by atoms with Crippen molar-refractivity contribution in [3.05, 3.63) is 65.2 Å². The first-order valence-corrected chi connectivity index (χ1v) is 11.6. The van der Waals surface area contributed by atoms with Crippen molar-refractivity contribution < 1.29 is 14.3 Å². The highest BCUT2D eigenvalue weighted by Crippen LogP contribution is 2.24. The van der Waals surface area contributed by atoms with Crippen molar-refractivity contribution in [1.82, 2.24) is 15.5 Å². The van der Waals surface area contributed by atoms with Gasteiger partial charge in [0.25, 0.3) is 5.91 Å². The van der Waals surface area contributed by atoms with Crippen LogP contribution in [0.25, 0.3) is 0 Å². The van der Waals surface area contributed by atoms with E-state index in [2.05, 4.69) is 10.6 Å². The summed E-state index contributed by atoms with van der Waals surface area (Å²) in [6.45, 7) is 4.84. The molecule has 1 aliphatic rings. The number of rotatable bonds is 9. The van der Waals surface area contributed by atoms with E-state index in [-0.39, 0.29) is 11.9 Å². The van der Waals surface area contributed by atoms with Gasteiger partial charge in [0.2, 0.25) is 0 Å². The molecule has 1 aliphatic heterocycles. The Morgan fingerprint density at radius 3 is 2.41 bits per heavy atom. The third-order valence-electron chi connectivity index (χ3n) is 6.21. The molecule has 6 nitrogen and oxygen atoms in total. The van der Waals surface area contributed by atoms with Crippen LogP contribution < -0.4 is 15.4 Å². The van der Waals surface area contributed by atoms with Gasteiger partial charge in [-0.15, -0.1) is 0 Å². The van der Waals surface area contributed by atoms with Crippen LogP contribution >= 0.6 is 0 Å². The minimum atomic E-state index is -0.135. The number of nitrogens with one attached hydrogen (secondary N) is 2. The van der Waals surface area contributed by atoms with E-state index in [1.165, 1.54) is 0 Å². The molecule has 0 saturated carbocycles. The number of aryl methyl sites for hydroxylation is 1. The van der Waals surface area contributed by atoms with Crippen LogP contribution in [-0.2, 0) is 6.54 Å². The van der Waals surface area contributed by atoms with Crippen molar-refractivity contribution in [2.45, 2.75) is 45.6 Å². The first-order chi connectivity index (χ1) is 15.6. The molecule has 1 saturated heterocycles. The van der Waals surface area contributed by atoms with Crippen LogP contribution in [0.4, 0.5) is 4.79 Å². The van der Waals surface area contributed by atoms with E-state index in [1.807, 2.05) is 60.4 Å².